The van der Waals surface area contributed by atoms with E-state index >= 15 is 0 Å². The lowest BCUT2D eigenvalue weighted by atomic mass is 10.3. The topological polar surface area (TPSA) is 64.8 Å². The molecule has 1 aromatic rings. The fourth-order valence-electron chi connectivity index (χ4n) is 1.83. The van der Waals surface area contributed by atoms with Gasteiger partial charge < -0.3 is 14.5 Å². The Bertz CT molecular complexity index is 496. The van der Waals surface area contributed by atoms with Gasteiger partial charge >= 0.3 is 0 Å². The molecule has 1 aliphatic heterocycles. The molecule has 0 aliphatic carbocycles. The molecule has 0 N–H and O–H groups in total. The fraction of sp³-hybridized carbons (Fsp3) is 0.417. The van der Waals surface area contributed by atoms with Crippen molar-refractivity contribution < 1.29 is 4.74 Å². The number of guanidine groups is 1. The lowest BCUT2D eigenvalue weighted by Gasteiger charge is -2.37. The van der Waals surface area contributed by atoms with Gasteiger partial charge in [-0.2, -0.15) is 5.26 Å². The predicted molar refractivity (Wildman–Crippen MR) is 71.0 cm³/mol. The first-order valence-electron chi connectivity index (χ1n) is 5.89. The summed E-state index contributed by atoms with van der Waals surface area (Å²) >= 11 is 5.75. The van der Waals surface area contributed by atoms with Gasteiger partial charge in [-0.15, -0.1) is 4.99 Å². The Hall–Kier alpha value is -1.84. The molecule has 100 valence electrons. The maximum atomic E-state index is 8.79. The van der Waals surface area contributed by atoms with Crippen molar-refractivity contribution in [2.24, 2.45) is 4.99 Å². The monoisotopic (exact) mass is 279 g/mol. The number of halogens is 1. The molecule has 0 spiro atoms. The van der Waals surface area contributed by atoms with Crippen LogP contribution in [0.3, 0.4) is 0 Å². The molecule has 0 aromatic carbocycles. The van der Waals surface area contributed by atoms with Crippen molar-refractivity contribution >= 4 is 17.6 Å². The summed E-state index contributed by atoms with van der Waals surface area (Å²) in [6, 6.07) is 3.63. The Morgan fingerprint density at radius 3 is 2.89 bits per heavy atom. The summed E-state index contributed by atoms with van der Waals surface area (Å²) in [5.41, 5.74) is 0.983. The quantitative estimate of drug-likeness (QED) is 0.622. The molecule has 0 amide bonds. The van der Waals surface area contributed by atoms with Gasteiger partial charge in [-0.25, -0.2) is 4.98 Å². The van der Waals surface area contributed by atoms with Crippen molar-refractivity contribution in [2.45, 2.75) is 13.5 Å². The minimum atomic E-state index is 0.402. The summed E-state index contributed by atoms with van der Waals surface area (Å²) in [5.74, 6) is 0.631. The van der Waals surface area contributed by atoms with E-state index in [-0.39, 0.29) is 0 Å². The van der Waals surface area contributed by atoms with Crippen molar-refractivity contribution in [1.82, 2.24) is 14.8 Å². The highest BCUT2D eigenvalue weighted by Gasteiger charge is 2.23. The zero-order valence-electron chi connectivity index (χ0n) is 10.6. The normalized spacial score (nSPS) is 17.6. The zero-order valence-corrected chi connectivity index (χ0v) is 11.3. The predicted octanol–water partition coefficient (Wildman–Crippen LogP) is 1.64. The number of ether oxygens (including phenoxy) is 1. The standard InChI is InChI=1S/C12H14ClN5O/c1-2-17-8-19-9-18(12(17)16-7-14)6-10-3-4-11(13)15-5-10/h3-5H,2,6,8-9H2,1H3. The Kier molecular flexibility index (Phi) is 4.55. The first kappa shape index (κ1) is 13.6. The number of hydrogen-bond donors (Lipinski definition) is 0. The summed E-state index contributed by atoms with van der Waals surface area (Å²) in [5, 5.41) is 9.25. The number of hydrogen-bond acceptors (Lipinski definition) is 4. The summed E-state index contributed by atoms with van der Waals surface area (Å²) in [6.45, 7) is 4.15. The molecule has 7 heteroatoms. The average Bonchev–Trinajstić information content (AvgIpc) is 2.43. The second-order valence-electron chi connectivity index (χ2n) is 4.02. The lowest BCUT2D eigenvalue weighted by molar-refractivity contribution is -0.0278. The first-order valence-corrected chi connectivity index (χ1v) is 6.27. The van der Waals surface area contributed by atoms with Gasteiger partial charge in [0.15, 0.2) is 0 Å². The van der Waals surface area contributed by atoms with E-state index in [0.29, 0.717) is 31.1 Å². The average molecular weight is 280 g/mol. The molecule has 6 nitrogen and oxygen atoms in total. The SMILES string of the molecule is CCN1COCN(Cc2ccc(Cl)nc2)C1=NC#N. The third-order valence-electron chi connectivity index (χ3n) is 2.75. The van der Waals surface area contributed by atoms with Crippen LogP contribution in [0, 0.1) is 11.5 Å². The van der Waals surface area contributed by atoms with E-state index in [9.17, 15) is 0 Å². The fourth-order valence-corrected chi connectivity index (χ4v) is 1.94. The zero-order chi connectivity index (χ0) is 13.7. The smallest absolute Gasteiger partial charge is 0.216 e. The Morgan fingerprint density at radius 1 is 1.47 bits per heavy atom. The second-order valence-corrected chi connectivity index (χ2v) is 4.40. The highest BCUT2D eigenvalue weighted by molar-refractivity contribution is 6.29. The molecule has 1 saturated heterocycles. The van der Waals surface area contributed by atoms with Crippen LogP contribution in [0.5, 0.6) is 0 Å². The van der Waals surface area contributed by atoms with Crippen LogP contribution in [-0.4, -0.2) is 40.7 Å². The van der Waals surface area contributed by atoms with E-state index in [1.165, 1.54) is 0 Å². The van der Waals surface area contributed by atoms with Gasteiger partial charge in [-0.1, -0.05) is 17.7 Å². The molecular weight excluding hydrogens is 266 g/mol. The summed E-state index contributed by atoms with van der Waals surface area (Å²) in [7, 11) is 0. The van der Waals surface area contributed by atoms with Crippen molar-refractivity contribution in [3.63, 3.8) is 0 Å². The molecule has 0 bridgehead atoms. The molecule has 1 aliphatic rings. The van der Waals surface area contributed by atoms with Gasteiger partial charge in [-0.3, -0.25) is 0 Å². The molecule has 0 radical (unpaired) electrons. The number of nitriles is 1. The minimum Gasteiger partial charge on any atom is -0.341 e. The largest absolute Gasteiger partial charge is 0.341 e. The highest BCUT2D eigenvalue weighted by Crippen LogP contribution is 2.13. The minimum absolute atomic E-state index is 0.402. The highest BCUT2D eigenvalue weighted by atomic mass is 35.5. The van der Waals surface area contributed by atoms with E-state index in [2.05, 4.69) is 9.98 Å². The third-order valence-corrected chi connectivity index (χ3v) is 2.98. The lowest BCUT2D eigenvalue weighted by Crippen LogP contribution is -2.50. The van der Waals surface area contributed by atoms with Gasteiger partial charge in [0.05, 0.1) is 0 Å². The summed E-state index contributed by atoms with van der Waals surface area (Å²) < 4.78 is 5.47. The van der Waals surface area contributed by atoms with Crippen LogP contribution < -0.4 is 0 Å². The molecule has 0 saturated carbocycles. The Morgan fingerprint density at radius 2 is 2.26 bits per heavy atom. The van der Waals surface area contributed by atoms with Gasteiger partial charge in [0.1, 0.15) is 18.6 Å². The van der Waals surface area contributed by atoms with Crippen molar-refractivity contribution in [3.05, 3.63) is 29.0 Å². The van der Waals surface area contributed by atoms with Crippen LogP contribution in [0.2, 0.25) is 5.15 Å². The van der Waals surface area contributed by atoms with Crippen LogP contribution in [0.25, 0.3) is 0 Å². The Balaban J connectivity index is 2.15. The van der Waals surface area contributed by atoms with Crippen LogP contribution in [0.1, 0.15) is 12.5 Å². The van der Waals surface area contributed by atoms with E-state index in [0.717, 1.165) is 12.1 Å². The van der Waals surface area contributed by atoms with Crippen molar-refractivity contribution in [3.8, 4) is 6.19 Å². The van der Waals surface area contributed by atoms with Crippen LogP contribution in [0.15, 0.2) is 23.3 Å². The number of nitrogens with zero attached hydrogens (tertiary/aromatic N) is 5. The molecule has 1 aromatic heterocycles. The van der Waals surface area contributed by atoms with Crippen LogP contribution >= 0.6 is 11.6 Å². The number of aromatic nitrogens is 1. The number of pyridine rings is 1. The third kappa shape index (κ3) is 3.34. The van der Waals surface area contributed by atoms with Crippen molar-refractivity contribution in [2.75, 3.05) is 20.0 Å². The summed E-state index contributed by atoms with van der Waals surface area (Å²) in [4.78, 5) is 11.7. The molecule has 2 heterocycles. The summed E-state index contributed by atoms with van der Waals surface area (Å²) in [6.07, 6.45) is 3.54. The van der Waals surface area contributed by atoms with Crippen LogP contribution in [-0.2, 0) is 11.3 Å². The van der Waals surface area contributed by atoms with Gasteiger partial charge in [0.2, 0.25) is 12.2 Å². The van der Waals surface area contributed by atoms with Gasteiger partial charge in [-0.05, 0) is 18.6 Å². The molecule has 2 rings (SSSR count). The second kappa shape index (κ2) is 6.36. The van der Waals surface area contributed by atoms with E-state index in [1.807, 2.05) is 29.0 Å². The number of aliphatic imine (C=N–C) groups is 1. The molecule has 0 unspecified atom stereocenters. The molecule has 19 heavy (non-hydrogen) atoms. The van der Waals surface area contributed by atoms with Crippen molar-refractivity contribution in [1.29, 1.82) is 5.26 Å². The molecule has 1 fully saturated rings. The Labute approximate surface area is 116 Å². The van der Waals surface area contributed by atoms with Crippen LogP contribution in [0.4, 0.5) is 0 Å². The number of rotatable bonds is 3. The van der Waals surface area contributed by atoms with Gasteiger partial charge in [0.25, 0.3) is 0 Å². The van der Waals surface area contributed by atoms with E-state index < -0.39 is 0 Å². The van der Waals surface area contributed by atoms with Gasteiger partial charge in [0, 0.05) is 19.3 Å². The maximum Gasteiger partial charge on any atom is 0.216 e. The van der Waals surface area contributed by atoms with E-state index in [4.69, 9.17) is 21.6 Å². The molecular formula is C12H14ClN5O. The maximum absolute atomic E-state index is 8.79. The molecule has 0 atom stereocenters. The van der Waals surface area contributed by atoms with E-state index in [1.54, 1.807) is 12.3 Å². The first-order chi connectivity index (χ1) is 9.24.